The summed E-state index contributed by atoms with van der Waals surface area (Å²) in [5.41, 5.74) is 2.88. The summed E-state index contributed by atoms with van der Waals surface area (Å²) in [6.07, 6.45) is 0.0822. The number of carbonyl (C=O) groups is 2. The highest BCUT2D eigenvalue weighted by atomic mass is 16.5. The normalized spacial score (nSPS) is 13.3. The zero-order valence-corrected chi connectivity index (χ0v) is 21.7. The van der Waals surface area contributed by atoms with Gasteiger partial charge in [0.05, 0.1) is 20.3 Å². The zero-order chi connectivity index (χ0) is 26.4. The predicted octanol–water partition coefficient (Wildman–Crippen LogP) is 4.71. The second-order valence-electron chi connectivity index (χ2n) is 9.07. The van der Waals surface area contributed by atoms with Gasteiger partial charge in [0.25, 0.3) is 11.8 Å². The Labute approximate surface area is 217 Å². The molecule has 3 aromatic carbocycles. The number of carbonyl (C=O) groups excluding carboxylic acids is 2. The summed E-state index contributed by atoms with van der Waals surface area (Å²) in [4.78, 5) is 29.7. The Morgan fingerprint density at radius 1 is 0.757 bits per heavy atom. The van der Waals surface area contributed by atoms with Crippen LogP contribution in [0, 0.1) is 0 Å². The van der Waals surface area contributed by atoms with Crippen molar-refractivity contribution in [2.75, 3.05) is 50.6 Å². The molecule has 194 valence electrons. The first-order valence-electron chi connectivity index (χ1n) is 12.3. The fraction of sp³-hybridized carbons (Fsp3) is 0.310. The van der Waals surface area contributed by atoms with Crippen LogP contribution in [0.25, 0.3) is 0 Å². The number of benzene rings is 3. The van der Waals surface area contributed by atoms with Gasteiger partial charge in [0.15, 0.2) is 0 Å². The van der Waals surface area contributed by atoms with E-state index in [-0.39, 0.29) is 17.9 Å². The van der Waals surface area contributed by atoms with Crippen molar-refractivity contribution in [3.8, 4) is 17.2 Å². The number of amides is 2. The van der Waals surface area contributed by atoms with Crippen LogP contribution < -0.4 is 24.4 Å². The van der Waals surface area contributed by atoms with Crippen molar-refractivity contribution in [1.29, 1.82) is 0 Å². The topological polar surface area (TPSA) is 80.3 Å². The van der Waals surface area contributed by atoms with Crippen molar-refractivity contribution in [3.63, 3.8) is 0 Å². The second kappa shape index (κ2) is 11.7. The van der Waals surface area contributed by atoms with Crippen molar-refractivity contribution in [2.45, 2.75) is 20.0 Å². The van der Waals surface area contributed by atoms with Crippen molar-refractivity contribution in [2.24, 2.45) is 0 Å². The summed E-state index contributed by atoms with van der Waals surface area (Å²) >= 11 is 0. The summed E-state index contributed by atoms with van der Waals surface area (Å²) in [6, 6.07) is 20.1. The number of methoxy groups -OCH3 is 2. The average Bonchev–Trinajstić information content (AvgIpc) is 2.93. The third kappa shape index (κ3) is 6.52. The monoisotopic (exact) mass is 503 g/mol. The van der Waals surface area contributed by atoms with Crippen LogP contribution in [0.2, 0.25) is 0 Å². The zero-order valence-electron chi connectivity index (χ0n) is 21.7. The molecule has 0 atom stereocenters. The van der Waals surface area contributed by atoms with E-state index >= 15 is 0 Å². The fourth-order valence-electron chi connectivity index (χ4n) is 4.20. The predicted molar refractivity (Wildman–Crippen MR) is 144 cm³/mol. The molecule has 1 saturated heterocycles. The summed E-state index contributed by atoms with van der Waals surface area (Å²) in [7, 11) is 3.14. The van der Waals surface area contributed by atoms with E-state index in [1.54, 1.807) is 56.7 Å². The molecule has 2 amide bonds. The number of rotatable bonds is 8. The first-order chi connectivity index (χ1) is 17.9. The number of nitrogens with one attached hydrogen (secondary N) is 1. The molecule has 1 heterocycles. The molecule has 0 unspecified atom stereocenters. The van der Waals surface area contributed by atoms with Crippen LogP contribution in [0.1, 0.15) is 34.6 Å². The molecule has 1 fully saturated rings. The largest absolute Gasteiger partial charge is 0.497 e. The number of hydrogen-bond donors (Lipinski definition) is 1. The standard InChI is InChI=1S/C29H33N3O5/c1-20(2)37-25-11-5-21(6-12-25)28(33)30-23-7-9-24(10-8-23)31-13-15-32(16-14-31)29(34)22-17-26(35-3)19-27(18-22)36-4/h5-12,17-20H,13-16H2,1-4H3,(H,30,33). The lowest BCUT2D eigenvalue weighted by molar-refractivity contribution is 0.0746. The van der Waals surface area contributed by atoms with Gasteiger partial charge in [0, 0.05) is 54.7 Å². The van der Waals surface area contributed by atoms with E-state index in [1.807, 2.05) is 43.0 Å². The first-order valence-corrected chi connectivity index (χ1v) is 12.3. The van der Waals surface area contributed by atoms with Gasteiger partial charge in [-0.15, -0.1) is 0 Å². The van der Waals surface area contributed by atoms with E-state index in [1.165, 1.54) is 0 Å². The minimum absolute atomic E-state index is 0.0429. The first kappa shape index (κ1) is 25.9. The van der Waals surface area contributed by atoms with Crippen molar-refractivity contribution in [1.82, 2.24) is 4.90 Å². The van der Waals surface area contributed by atoms with Gasteiger partial charge in [0.1, 0.15) is 17.2 Å². The maximum absolute atomic E-state index is 13.1. The smallest absolute Gasteiger partial charge is 0.255 e. The Balaban J connectivity index is 1.32. The number of nitrogens with zero attached hydrogens (tertiary/aromatic N) is 2. The molecular weight excluding hydrogens is 470 g/mol. The van der Waals surface area contributed by atoms with Gasteiger partial charge in [-0.05, 0) is 74.5 Å². The molecule has 8 heteroatoms. The lowest BCUT2D eigenvalue weighted by atomic mass is 10.1. The molecule has 1 aliphatic heterocycles. The lowest BCUT2D eigenvalue weighted by Crippen LogP contribution is -2.48. The number of hydrogen-bond acceptors (Lipinski definition) is 6. The highest BCUT2D eigenvalue weighted by molar-refractivity contribution is 6.04. The van der Waals surface area contributed by atoms with E-state index in [0.717, 1.165) is 17.1 Å². The third-order valence-corrected chi connectivity index (χ3v) is 6.14. The Morgan fingerprint density at radius 3 is 1.89 bits per heavy atom. The van der Waals surface area contributed by atoms with Crippen LogP contribution in [0.3, 0.4) is 0 Å². The highest BCUT2D eigenvalue weighted by Gasteiger charge is 2.23. The van der Waals surface area contributed by atoms with Gasteiger partial charge in [-0.3, -0.25) is 9.59 Å². The maximum atomic E-state index is 13.1. The van der Waals surface area contributed by atoms with Crippen LogP contribution >= 0.6 is 0 Å². The van der Waals surface area contributed by atoms with E-state index in [9.17, 15) is 9.59 Å². The lowest BCUT2D eigenvalue weighted by Gasteiger charge is -2.36. The minimum atomic E-state index is -0.176. The van der Waals surface area contributed by atoms with Gasteiger partial charge in [-0.1, -0.05) is 0 Å². The van der Waals surface area contributed by atoms with Gasteiger partial charge >= 0.3 is 0 Å². The van der Waals surface area contributed by atoms with Crippen LogP contribution in [-0.2, 0) is 0 Å². The van der Waals surface area contributed by atoms with Crippen LogP contribution in [0.4, 0.5) is 11.4 Å². The Hall–Kier alpha value is -4.20. The van der Waals surface area contributed by atoms with E-state index < -0.39 is 0 Å². The fourth-order valence-corrected chi connectivity index (χ4v) is 4.20. The van der Waals surface area contributed by atoms with Crippen molar-refractivity contribution in [3.05, 3.63) is 77.9 Å². The number of anilines is 2. The molecule has 1 aliphatic rings. The van der Waals surface area contributed by atoms with Crippen LogP contribution in [-0.4, -0.2) is 63.2 Å². The van der Waals surface area contributed by atoms with Gasteiger partial charge in [0.2, 0.25) is 0 Å². The molecule has 0 spiro atoms. The Kier molecular flexibility index (Phi) is 8.18. The molecule has 0 aliphatic carbocycles. The summed E-state index contributed by atoms with van der Waals surface area (Å²) in [5, 5.41) is 2.94. The third-order valence-electron chi connectivity index (χ3n) is 6.14. The van der Waals surface area contributed by atoms with Crippen LogP contribution in [0.5, 0.6) is 17.2 Å². The highest BCUT2D eigenvalue weighted by Crippen LogP contribution is 2.25. The number of ether oxygens (including phenoxy) is 3. The molecule has 0 bridgehead atoms. The van der Waals surface area contributed by atoms with E-state index in [4.69, 9.17) is 14.2 Å². The minimum Gasteiger partial charge on any atom is -0.497 e. The molecule has 4 rings (SSSR count). The second-order valence-corrected chi connectivity index (χ2v) is 9.07. The van der Waals surface area contributed by atoms with E-state index in [2.05, 4.69) is 10.2 Å². The molecule has 0 saturated carbocycles. The molecule has 0 aromatic heterocycles. The van der Waals surface area contributed by atoms with E-state index in [0.29, 0.717) is 48.8 Å². The Morgan fingerprint density at radius 2 is 1.35 bits per heavy atom. The molecule has 0 radical (unpaired) electrons. The molecule has 1 N–H and O–H groups in total. The maximum Gasteiger partial charge on any atom is 0.255 e. The van der Waals surface area contributed by atoms with Gasteiger partial charge in [-0.25, -0.2) is 0 Å². The Bertz CT molecular complexity index is 1200. The van der Waals surface area contributed by atoms with Gasteiger partial charge < -0.3 is 29.3 Å². The number of piperazine rings is 1. The van der Waals surface area contributed by atoms with Gasteiger partial charge in [-0.2, -0.15) is 0 Å². The summed E-state index contributed by atoms with van der Waals surface area (Å²) in [6.45, 7) is 6.56. The SMILES string of the molecule is COc1cc(OC)cc(C(=O)N2CCN(c3ccc(NC(=O)c4ccc(OC(C)C)cc4)cc3)CC2)c1. The van der Waals surface area contributed by atoms with Crippen molar-refractivity contribution >= 4 is 23.2 Å². The quantitative estimate of drug-likeness (QED) is 0.480. The van der Waals surface area contributed by atoms with Crippen LogP contribution in [0.15, 0.2) is 66.7 Å². The average molecular weight is 504 g/mol. The summed E-state index contributed by atoms with van der Waals surface area (Å²) in [5.74, 6) is 1.70. The molecular formula is C29H33N3O5. The molecule has 3 aromatic rings. The summed E-state index contributed by atoms with van der Waals surface area (Å²) < 4.78 is 16.2. The van der Waals surface area contributed by atoms with Crippen molar-refractivity contribution < 1.29 is 23.8 Å². The molecule has 8 nitrogen and oxygen atoms in total. The molecule has 37 heavy (non-hydrogen) atoms.